The van der Waals surface area contributed by atoms with E-state index in [2.05, 4.69) is 15.3 Å². The number of halogens is 3. The second-order valence-corrected chi connectivity index (χ2v) is 5.51. The van der Waals surface area contributed by atoms with Crippen molar-refractivity contribution in [2.45, 2.75) is 18.3 Å². The molecule has 0 aliphatic carbocycles. The molecule has 1 unspecified atom stereocenters. The maximum Gasteiger partial charge on any atom is 0.436 e. The third-order valence-electron chi connectivity index (χ3n) is 3.06. The van der Waals surface area contributed by atoms with E-state index in [0.29, 0.717) is 4.88 Å². The Morgan fingerprint density at radius 1 is 1.29 bits per heavy atom. The van der Waals surface area contributed by atoms with Crippen LogP contribution in [-0.4, -0.2) is 27.7 Å². The molecule has 0 aromatic carbocycles. The third kappa shape index (κ3) is 2.52. The van der Waals surface area contributed by atoms with Crippen LogP contribution < -0.4 is 5.32 Å². The Morgan fingerprint density at radius 2 is 2.10 bits per heavy atom. The van der Waals surface area contributed by atoms with Gasteiger partial charge < -0.3 is 10.4 Å². The number of aromatic nitrogens is 1. The summed E-state index contributed by atoms with van der Waals surface area (Å²) in [4.78, 5) is 8.64. The van der Waals surface area contributed by atoms with Crippen molar-refractivity contribution in [3.63, 3.8) is 0 Å². The molecule has 1 atom stereocenters. The van der Waals surface area contributed by atoms with Gasteiger partial charge in [0.25, 0.3) is 0 Å². The molecule has 0 saturated carbocycles. The van der Waals surface area contributed by atoms with Crippen molar-refractivity contribution in [3.8, 4) is 0 Å². The molecule has 1 aliphatic rings. The zero-order valence-electron chi connectivity index (χ0n) is 10.6. The summed E-state index contributed by atoms with van der Waals surface area (Å²) in [5, 5.41) is 13.9. The van der Waals surface area contributed by atoms with Crippen LogP contribution in [0, 0.1) is 0 Å². The predicted octanol–water partition coefficient (Wildman–Crippen LogP) is 3.33. The number of rotatable bonds is 1. The van der Waals surface area contributed by atoms with E-state index in [1.165, 1.54) is 17.5 Å². The second kappa shape index (κ2) is 4.81. The molecule has 110 valence electrons. The molecule has 0 fully saturated rings. The Morgan fingerprint density at radius 3 is 2.76 bits per heavy atom. The predicted molar refractivity (Wildman–Crippen MR) is 74.0 cm³/mol. The topological polar surface area (TPSA) is 57.5 Å². The Kier molecular flexibility index (Phi) is 3.22. The number of pyridine rings is 1. The third-order valence-corrected chi connectivity index (χ3v) is 3.98. The number of nitrogens with one attached hydrogen (secondary N) is 1. The van der Waals surface area contributed by atoms with Crippen LogP contribution in [-0.2, 0) is 0 Å². The lowest BCUT2D eigenvalue weighted by Gasteiger charge is -2.30. The van der Waals surface area contributed by atoms with Gasteiger partial charge in [-0.05, 0) is 23.6 Å². The minimum absolute atomic E-state index is 0.0936. The highest BCUT2D eigenvalue weighted by molar-refractivity contribution is 7.12. The lowest BCUT2D eigenvalue weighted by atomic mass is 10.0. The first-order valence-corrected chi connectivity index (χ1v) is 6.91. The highest BCUT2D eigenvalue weighted by atomic mass is 32.1. The lowest BCUT2D eigenvalue weighted by Crippen LogP contribution is -2.53. The molecule has 2 aromatic heterocycles. The highest BCUT2D eigenvalue weighted by Crippen LogP contribution is 2.40. The van der Waals surface area contributed by atoms with Gasteiger partial charge in [0.2, 0.25) is 5.72 Å². The fraction of sp³-hybridized carbons (Fsp3) is 0.231. The first-order valence-electron chi connectivity index (χ1n) is 6.03. The largest absolute Gasteiger partial charge is 0.436 e. The number of nitrogens with zero attached hydrogens (tertiary/aromatic N) is 2. The lowest BCUT2D eigenvalue weighted by molar-refractivity contribution is -0.245. The summed E-state index contributed by atoms with van der Waals surface area (Å²) in [7, 11) is 0. The van der Waals surface area contributed by atoms with Crippen LogP contribution >= 0.6 is 11.3 Å². The van der Waals surface area contributed by atoms with Crippen LogP contribution in [0.4, 0.5) is 24.7 Å². The molecule has 1 aliphatic heterocycles. The zero-order chi connectivity index (χ0) is 15.1. The summed E-state index contributed by atoms with van der Waals surface area (Å²) < 4.78 is 39.7. The highest BCUT2D eigenvalue weighted by Gasteiger charge is 2.56. The molecule has 0 radical (unpaired) electrons. The number of thiophene rings is 1. The fourth-order valence-electron chi connectivity index (χ4n) is 2.01. The Balaban J connectivity index is 2.15. The Bertz CT molecular complexity index is 684. The molecule has 0 bridgehead atoms. The summed E-state index contributed by atoms with van der Waals surface area (Å²) in [5.74, 6) is -0.0936. The molecule has 0 spiro atoms. The molecule has 3 heterocycles. The van der Waals surface area contributed by atoms with Gasteiger partial charge in [-0.15, -0.1) is 11.3 Å². The number of aliphatic hydroxyl groups is 1. The molecule has 0 amide bonds. The summed E-state index contributed by atoms with van der Waals surface area (Å²) in [6, 6.07) is 6.51. The Labute approximate surface area is 122 Å². The monoisotopic (exact) mass is 313 g/mol. The number of aliphatic imine (C=N–C) groups is 1. The standard InChI is InChI=1S/C13H10F3N3OS/c14-13(15,16)12(20)7-9(10-4-2-6-21-10)18-8-3-1-5-17-11(8)19-12/h1-6,20H,7H2,(H,17,19). The molecule has 21 heavy (non-hydrogen) atoms. The van der Waals surface area contributed by atoms with Crippen LogP contribution in [0.2, 0.25) is 0 Å². The van der Waals surface area contributed by atoms with Crippen molar-refractivity contribution in [1.29, 1.82) is 0 Å². The average molecular weight is 313 g/mol. The van der Waals surface area contributed by atoms with Gasteiger partial charge in [-0.1, -0.05) is 6.07 Å². The van der Waals surface area contributed by atoms with Gasteiger partial charge in [0.15, 0.2) is 5.82 Å². The maximum atomic E-state index is 13.2. The fourth-order valence-corrected chi connectivity index (χ4v) is 2.72. The summed E-state index contributed by atoms with van der Waals surface area (Å²) >= 11 is 1.27. The molecular formula is C13H10F3N3OS. The minimum Gasteiger partial charge on any atom is -0.363 e. The van der Waals surface area contributed by atoms with E-state index in [0.717, 1.165) is 0 Å². The molecule has 4 nitrogen and oxygen atoms in total. The number of alkyl halides is 3. The summed E-state index contributed by atoms with van der Waals surface area (Å²) in [6.07, 6.45) is -4.20. The average Bonchev–Trinajstić information content (AvgIpc) is 2.87. The quantitative estimate of drug-likeness (QED) is 0.849. The van der Waals surface area contributed by atoms with Gasteiger partial charge in [0.1, 0.15) is 5.69 Å². The van der Waals surface area contributed by atoms with E-state index < -0.39 is 18.3 Å². The van der Waals surface area contributed by atoms with Crippen LogP contribution in [0.3, 0.4) is 0 Å². The number of fused-ring (bicyclic) bond motifs is 1. The summed E-state index contributed by atoms with van der Waals surface area (Å²) in [5.41, 5.74) is -2.67. The molecule has 3 rings (SSSR count). The number of anilines is 1. The van der Waals surface area contributed by atoms with Crippen LogP contribution in [0.25, 0.3) is 0 Å². The van der Waals surface area contributed by atoms with Crippen LogP contribution in [0.15, 0.2) is 40.8 Å². The van der Waals surface area contributed by atoms with E-state index in [9.17, 15) is 18.3 Å². The smallest absolute Gasteiger partial charge is 0.363 e. The van der Waals surface area contributed by atoms with Crippen molar-refractivity contribution in [2.24, 2.45) is 4.99 Å². The molecule has 2 aromatic rings. The zero-order valence-corrected chi connectivity index (χ0v) is 11.4. The summed E-state index contributed by atoms with van der Waals surface area (Å²) in [6.45, 7) is 0. The van der Waals surface area contributed by atoms with Crippen molar-refractivity contribution < 1.29 is 18.3 Å². The first kappa shape index (κ1) is 14.0. The molecule has 2 N–H and O–H groups in total. The number of hydrogen-bond donors (Lipinski definition) is 2. The first-order chi connectivity index (χ1) is 9.89. The van der Waals surface area contributed by atoms with E-state index in [1.807, 2.05) is 0 Å². The van der Waals surface area contributed by atoms with Crippen LogP contribution in [0.1, 0.15) is 11.3 Å². The van der Waals surface area contributed by atoms with Gasteiger partial charge in [-0.25, -0.2) is 9.98 Å². The van der Waals surface area contributed by atoms with Crippen molar-refractivity contribution >= 4 is 28.6 Å². The van der Waals surface area contributed by atoms with E-state index in [1.54, 1.807) is 29.6 Å². The molecule has 8 heteroatoms. The Hall–Kier alpha value is -1.93. The van der Waals surface area contributed by atoms with Gasteiger partial charge >= 0.3 is 6.18 Å². The maximum absolute atomic E-state index is 13.2. The van der Waals surface area contributed by atoms with Crippen molar-refractivity contribution in [3.05, 3.63) is 40.7 Å². The normalized spacial score (nSPS) is 22.0. The van der Waals surface area contributed by atoms with Gasteiger partial charge in [-0.2, -0.15) is 13.2 Å². The van der Waals surface area contributed by atoms with E-state index >= 15 is 0 Å². The SMILES string of the molecule is OC1(C(F)(F)F)CC(c2cccs2)=Nc2cccnc2N1. The van der Waals surface area contributed by atoms with Gasteiger partial charge in [0, 0.05) is 17.5 Å². The molecule has 0 saturated heterocycles. The minimum atomic E-state index is -4.86. The van der Waals surface area contributed by atoms with Crippen molar-refractivity contribution in [1.82, 2.24) is 4.98 Å². The molecular weight excluding hydrogens is 303 g/mol. The van der Waals surface area contributed by atoms with E-state index in [-0.39, 0.29) is 17.2 Å². The van der Waals surface area contributed by atoms with Gasteiger partial charge in [0.05, 0.1) is 5.71 Å². The van der Waals surface area contributed by atoms with Crippen LogP contribution in [0.5, 0.6) is 0 Å². The van der Waals surface area contributed by atoms with E-state index in [4.69, 9.17) is 0 Å². The second-order valence-electron chi connectivity index (χ2n) is 4.57. The van der Waals surface area contributed by atoms with Crippen molar-refractivity contribution in [2.75, 3.05) is 5.32 Å². The van der Waals surface area contributed by atoms with Gasteiger partial charge in [-0.3, -0.25) is 0 Å². The number of hydrogen-bond acceptors (Lipinski definition) is 5.